The van der Waals surface area contributed by atoms with Crippen molar-refractivity contribution in [1.29, 1.82) is 0 Å². The number of aromatic nitrogens is 4. The Hall–Kier alpha value is -2.93. The van der Waals surface area contributed by atoms with Gasteiger partial charge in [0.25, 0.3) is 5.91 Å². The fourth-order valence-electron chi connectivity index (χ4n) is 4.31. The molecule has 1 atom stereocenters. The van der Waals surface area contributed by atoms with Crippen LogP contribution >= 0.6 is 11.3 Å². The molecular weight excluding hydrogens is 382 g/mol. The highest BCUT2D eigenvalue weighted by Crippen LogP contribution is 2.35. The standard InChI is InChI=1S/C22H23N5OS/c1-13-12-23-27(18-10-6-8-15-7-4-5-9-16(15)18)20(13)24-21(28)19-11-17-14(2)25-26(3)22(17)29-19/h4-5,7,9,11-12,18H,6,8,10H2,1-3H3,(H,24,28). The lowest BCUT2D eigenvalue weighted by Gasteiger charge is -2.27. The molecule has 0 bridgehead atoms. The molecule has 29 heavy (non-hydrogen) atoms. The summed E-state index contributed by atoms with van der Waals surface area (Å²) in [4.78, 5) is 14.8. The summed E-state index contributed by atoms with van der Waals surface area (Å²) in [6, 6.07) is 10.6. The lowest BCUT2D eigenvalue weighted by Crippen LogP contribution is -2.22. The van der Waals surface area contributed by atoms with Gasteiger partial charge in [0.2, 0.25) is 0 Å². The predicted octanol–water partition coefficient (Wildman–Crippen LogP) is 4.63. The summed E-state index contributed by atoms with van der Waals surface area (Å²) < 4.78 is 3.83. The van der Waals surface area contributed by atoms with Gasteiger partial charge in [0.05, 0.1) is 22.8 Å². The third kappa shape index (κ3) is 2.97. The molecule has 3 aromatic heterocycles. The van der Waals surface area contributed by atoms with E-state index in [1.165, 1.54) is 22.5 Å². The van der Waals surface area contributed by atoms with Gasteiger partial charge in [0.1, 0.15) is 10.6 Å². The molecule has 0 saturated carbocycles. The molecule has 0 spiro atoms. The number of aryl methyl sites for hydroxylation is 4. The second-order valence-electron chi connectivity index (χ2n) is 7.72. The zero-order chi connectivity index (χ0) is 20.1. The first-order valence-electron chi connectivity index (χ1n) is 9.89. The zero-order valence-electron chi connectivity index (χ0n) is 16.8. The number of nitrogens with zero attached hydrogens (tertiary/aromatic N) is 4. The summed E-state index contributed by atoms with van der Waals surface area (Å²) in [5.74, 6) is 0.684. The Morgan fingerprint density at radius 1 is 1.28 bits per heavy atom. The molecule has 148 valence electrons. The number of fused-ring (bicyclic) bond motifs is 2. The highest BCUT2D eigenvalue weighted by atomic mass is 32.1. The predicted molar refractivity (Wildman–Crippen MR) is 116 cm³/mol. The van der Waals surface area contributed by atoms with Crippen molar-refractivity contribution in [2.75, 3.05) is 5.32 Å². The van der Waals surface area contributed by atoms with Crippen molar-refractivity contribution in [1.82, 2.24) is 19.6 Å². The van der Waals surface area contributed by atoms with Crippen LogP contribution in [0.4, 0.5) is 5.82 Å². The topological polar surface area (TPSA) is 64.7 Å². The third-order valence-electron chi connectivity index (χ3n) is 5.76. The van der Waals surface area contributed by atoms with Gasteiger partial charge in [-0.05, 0) is 50.3 Å². The molecule has 1 N–H and O–H groups in total. The average molecular weight is 406 g/mol. The van der Waals surface area contributed by atoms with E-state index in [2.05, 4.69) is 39.8 Å². The number of thiophene rings is 1. The van der Waals surface area contributed by atoms with E-state index in [9.17, 15) is 4.79 Å². The van der Waals surface area contributed by atoms with Gasteiger partial charge in [0, 0.05) is 18.0 Å². The van der Waals surface area contributed by atoms with Gasteiger partial charge in [-0.1, -0.05) is 24.3 Å². The minimum atomic E-state index is -0.0976. The Labute approximate surface area is 173 Å². The third-order valence-corrected chi connectivity index (χ3v) is 6.96. The van der Waals surface area contributed by atoms with Crippen LogP contribution in [0.5, 0.6) is 0 Å². The minimum Gasteiger partial charge on any atom is -0.306 e. The number of rotatable bonds is 3. The number of amides is 1. The van der Waals surface area contributed by atoms with E-state index in [0.29, 0.717) is 4.88 Å². The molecule has 0 saturated heterocycles. The number of carbonyl (C=O) groups is 1. The van der Waals surface area contributed by atoms with Crippen molar-refractivity contribution in [2.24, 2.45) is 7.05 Å². The Bertz CT molecular complexity index is 1200. The number of carbonyl (C=O) groups excluding carboxylic acids is 1. The van der Waals surface area contributed by atoms with Gasteiger partial charge in [0.15, 0.2) is 0 Å². The molecule has 1 aromatic carbocycles. The number of benzene rings is 1. The fraction of sp³-hybridized carbons (Fsp3) is 0.318. The Morgan fingerprint density at radius 3 is 2.93 bits per heavy atom. The summed E-state index contributed by atoms with van der Waals surface area (Å²) >= 11 is 1.47. The largest absolute Gasteiger partial charge is 0.306 e. The van der Waals surface area contributed by atoms with Gasteiger partial charge in [-0.25, -0.2) is 4.68 Å². The zero-order valence-corrected chi connectivity index (χ0v) is 17.6. The van der Waals surface area contributed by atoms with Crippen LogP contribution in [0.2, 0.25) is 0 Å². The monoisotopic (exact) mass is 405 g/mol. The Morgan fingerprint density at radius 2 is 2.10 bits per heavy atom. The maximum absolute atomic E-state index is 13.1. The van der Waals surface area contributed by atoms with Crippen molar-refractivity contribution < 1.29 is 4.79 Å². The van der Waals surface area contributed by atoms with Gasteiger partial charge >= 0.3 is 0 Å². The SMILES string of the molecule is Cc1cnn(C2CCCc3ccccc32)c1NC(=O)c1cc2c(C)nn(C)c2s1. The van der Waals surface area contributed by atoms with E-state index in [0.717, 1.165) is 46.6 Å². The number of nitrogens with one attached hydrogen (secondary N) is 1. The summed E-state index contributed by atoms with van der Waals surface area (Å²) in [5, 5.41) is 13.2. The van der Waals surface area contributed by atoms with Crippen LogP contribution in [0.25, 0.3) is 10.2 Å². The molecule has 0 radical (unpaired) electrons. The van der Waals surface area contributed by atoms with Crippen molar-refractivity contribution in [3.63, 3.8) is 0 Å². The molecule has 1 aliphatic carbocycles. The molecule has 5 rings (SSSR count). The molecule has 1 amide bonds. The molecule has 0 fully saturated rings. The second-order valence-corrected chi connectivity index (χ2v) is 8.75. The molecule has 4 aromatic rings. The van der Waals surface area contributed by atoms with Crippen LogP contribution in [-0.2, 0) is 13.5 Å². The van der Waals surface area contributed by atoms with Crippen molar-refractivity contribution in [3.05, 3.63) is 63.8 Å². The highest BCUT2D eigenvalue weighted by Gasteiger charge is 2.26. The molecule has 6 nitrogen and oxygen atoms in total. The van der Waals surface area contributed by atoms with E-state index in [-0.39, 0.29) is 11.9 Å². The first-order chi connectivity index (χ1) is 14.0. The highest BCUT2D eigenvalue weighted by molar-refractivity contribution is 7.20. The van der Waals surface area contributed by atoms with Crippen LogP contribution in [-0.4, -0.2) is 25.5 Å². The smallest absolute Gasteiger partial charge is 0.266 e. The Balaban J connectivity index is 1.49. The lowest BCUT2D eigenvalue weighted by atomic mass is 9.88. The van der Waals surface area contributed by atoms with Crippen molar-refractivity contribution in [2.45, 2.75) is 39.2 Å². The van der Waals surface area contributed by atoms with E-state index in [1.807, 2.05) is 42.5 Å². The molecule has 1 aliphatic rings. The van der Waals surface area contributed by atoms with E-state index in [1.54, 1.807) is 0 Å². The number of anilines is 1. The van der Waals surface area contributed by atoms with E-state index in [4.69, 9.17) is 0 Å². The molecule has 0 aliphatic heterocycles. The molecule has 3 heterocycles. The first-order valence-corrected chi connectivity index (χ1v) is 10.7. The normalized spacial score (nSPS) is 16.2. The first kappa shape index (κ1) is 18.1. The van der Waals surface area contributed by atoms with Gasteiger partial charge in [-0.3, -0.25) is 9.48 Å². The molecule has 1 unspecified atom stereocenters. The maximum atomic E-state index is 13.1. The van der Waals surface area contributed by atoms with E-state index >= 15 is 0 Å². The summed E-state index contributed by atoms with van der Waals surface area (Å²) in [5.41, 5.74) is 4.60. The minimum absolute atomic E-state index is 0.0976. The lowest BCUT2D eigenvalue weighted by molar-refractivity contribution is 0.102. The van der Waals surface area contributed by atoms with Gasteiger partial charge in [-0.15, -0.1) is 11.3 Å². The van der Waals surface area contributed by atoms with Crippen LogP contribution in [0.3, 0.4) is 0 Å². The fourth-order valence-corrected chi connectivity index (χ4v) is 5.33. The van der Waals surface area contributed by atoms with Crippen LogP contribution in [0, 0.1) is 13.8 Å². The quantitative estimate of drug-likeness (QED) is 0.541. The van der Waals surface area contributed by atoms with Crippen molar-refractivity contribution in [3.8, 4) is 0 Å². The van der Waals surface area contributed by atoms with E-state index < -0.39 is 0 Å². The molecular formula is C22H23N5OS. The van der Waals surface area contributed by atoms with Gasteiger partial charge < -0.3 is 5.32 Å². The summed E-state index contributed by atoms with van der Waals surface area (Å²) in [7, 11) is 1.91. The van der Waals surface area contributed by atoms with Crippen LogP contribution < -0.4 is 5.32 Å². The second kappa shape index (κ2) is 6.84. The maximum Gasteiger partial charge on any atom is 0.266 e. The number of hydrogen-bond donors (Lipinski definition) is 1. The number of hydrogen-bond acceptors (Lipinski definition) is 4. The van der Waals surface area contributed by atoms with Crippen LogP contribution in [0.15, 0.2) is 36.5 Å². The van der Waals surface area contributed by atoms with Gasteiger partial charge in [-0.2, -0.15) is 10.2 Å². The Kier molecular flexibility index (Phi) is 4.28. The summed E-state index contributed by atoms with van der Waals surface area (Å²) in [6.45, 7) is 3.96. The average Bonchev–Trinajstić information content (AvgIpc) is 3.39. The molecule has 7 heteroatoms. The van der Waals surface area contributed by atoms with Crippen molar-refractivity contribution >= 4 is 33.3 Å². The van der Waals surface area contributed by atoms with Crippen LogP contribution in [0.1, 0.15) is 50.9 Å². The summed E-state index contributed by atoms with van der Waals surface area (Å²) in [6.07, 6.45) is 5.08.